The van der Waals surface area contributed by atoms with Crippen LogP contribution in [0.1, 0.15) is 36.1 Å². The number of ether oxygens (including phenoxy) is 1. The quantitative estimate of drug-likeness (QED) is 0.745. The molecule has 138 valence electrons. The van der Waals surface area contributed by atoms with E-state index >= 15 is 0 Å². The van der Waals surface area contributed by atoms with Crippen LogP contribution in [0.4, 0.5) is 5.82 Å². The molecule has 1 aliphatic rings. The molecule has 0 aliphatic carbocycles. The lowest BCUT2D eigenvalue weighted by Gasteiger charge is -2.24. The van der Waals surface area contributed by atoms with Crippen molar-refractivity contribution in [2.75, 3.05) is 11.9 Å². The third-order valence-corrected chi connectivity index (χ3v) is 4.71. The second-order valence-electron chi connectivity index (χ2n) is 6.28. The van der Waals surface area contributed by atoms with E-state index in [1.165, 1.54) is 0 Å². The Balaban J connectivity index is 1.82. The Morgan fingerprint density at radius 3 is 2.89 bits per heavy atom. The van der Waals surface area contributed by atoms with E-state index in [0.717, 1.165) is 22.6 Å². The molecule has 1 aliphatic heterocycles. The van der Waals surface area contributed by atoms with E-state index in [1.54, 1.807) is 16.8 Å². The topological polar surface area (TPSA) is 81.9 Å². The molecule has 0 saturated heterocycles. The zero-order chi connectivity index (χ0) is 19.0. The van der Waals surface area contributed by atoms with Crippen molar-refractivity contribution < 1.29 is 9.53 Å². The average Bonchev–Trinajstić information content (AvgIpc) is 2.99. The highest BCUT2D eigenvalue weighted by Crippen LogP contribution is 2.40. The summed E-state index contributed by atoms with van der Waals surface area (Å²) < 4.78 is 7.22. The molecular formula is C19H18ClN5O2. The largest absolute Gasteiger partial charge is 0.494 e. The second-order valence-corrected chi connectivity index (χ2v) is 6.67. The van der Waals surface area contributed by atoms with Gasteiger partial charge < -0.3 is 10.1 Å². The van der Waals surface area contributed by atoms with Crippen LogP contribution in [0.5, 0.6) is 5.75 Å². The maximum absolute atomic E-state index is 12.4. The van der Waals surface area contributed by atoms with Gasteiger partial charge in [0, 0.05) is 17.9 Å². The summed E-state index contributed by atoms with van der Waals surface area (Å²) in [6.45, 7) is 4.46. The molecule has 3 heterocycles. The molecule has 1 aromatic carbocycles. The minimum Gasteiger partial charge on any atom is -0.494 e. The van der Waals surface area contributed by atoms with Crippen LogP contribution in [0.25, 0.3) is 5.82 Å². The summed E-state index contributed by atoms with van der Waals surface area (Å²) in [6.07, 6.45) is 0.349. The summed E-state index contributed by atoms with van der Waals surface area (Å²) in [4.78, 5) is 12.4. The Kier molecular flexibility index (Phi) is 4.53. The highest BCUT2D eigenvalue weighted by atomic mass is 35.5. The Morgan fingerprint density at radius 2 is 2.15 bits per heavy atom. The summed E-state index contributed by atoms with van der Waals surface area (Å²) >= 11 is 5.83. The van der Waals surface area contributed by atoms with E-state index in [-0.39, 0.29) is 11.8 Å². The van der Waals surface area contributed by atoms with Crippen LogP contribution >= 0.6 is 11.6 Å². The van der Waals surface area contributed by atoms with Crippen molar-refractivity contribution in [2.45, 2.75) is 26.2 Å². The molecule has 0 bridgehead atoms. The number of halogens is 1. The van der Waals surface area contributed by atoms with Gasteiger partial charge in [0.1, 0.15) is 11.6 Å². The van der Waals surface area contributed by atoms with Crippen molar-refractivity contribution in [3.63, 3.8) is 0 Å². The van der Waals surface area contributed by atoms with Crippen molar-refractivity contribution in [1.29, 1.82) is 0 Å². The third-order valence-electron chi connectivity index (χ3n) is 4.51. The molecule has 0 saturated carbocycles. The van der Waals surface area contributed by atoms with Crippen LogP contribution in [0.3, 0.4) is 0 Å². The van der Waals surface area contributed by atoms with E-state index in [0.29, 0.717) is 29.8 Å². The number of fused-ring (bicyclic) bond motifs is 1. The number of anilines is 1. The molecule has 27 heavy (non-hydrogen) atoms. The van der Waals surface area contributed by atoms with E-state index in [9.17, 15) is 4.79 Å². The molecule has 2 aromatic heterocycles. The predicted octanol–water partition coefficient (Wildman–Crippen LogP) is 3.50. The van der Waals surface area contributed by atoms with E-state index in [2.05, 4.69) is 20.6 Å². The first-order valence-electron chi connectivity index (χ1n) is 8.68. The lowest BCUT2D eigenvalue weighted by atomic mass is 9.86. The molecule has 7 nitrogen and oxygen atoms in total. The highest BCUT2D eigenvalue weighted by Gasteiger charge is 2.33. The van der Waals surface area contributed by atoms with E-state index in [4.69, 9.17) is 16.3 Å². The summed E-state index contributed by atoms with van der Waals surface area (Å²) in [5, 5.41) is 15.8. The van der Waals surface area contributed by atoms with Gasteiger partial charge in [-0.3, -0.25) is 4.79 Å². The number of rotatable bonds is 4. The number of nitrogens with zero attached hydrogens (tertiary/aromatic N) is 4. The number of hydrogen-bond acceptors (Lipinski definition) is 5. The summed E-state index contributed by atoms with van der Waals surface area (Å²) in [6, 6.07) is 11.2. The van der Waals surface area contributed by atoms with Gasteiger partial charge in [-0.2, -0.15) is 9.78 Å². The second kappa shape index (κ2) is 7.00. The maximum Gasteiger partial charge on any atom is 0.226 e. The first kappa shape index (κ1) is 17.5. The van der Waals surface area contributed by atoms with Crippen molar-refractivity contribution in [2.24, 2.45) is 0 Å². The average molecular weight is 384 g/mol. The number of carbonyl (C=O) groups excluding carboxylic acids is 1. The van der Waals surface area contributed by atoms with E-state index < -0.39 is 0 Å². The first-order chi connectivity index (χ1) is 13.1. The zero-order valence-electron chi connectivity index (χ0n) is 14.9. The normalized spacial score (nSPS) is 16.0. The molecule has 0 fully saturated rings. The highest BCUT2D eigenvalue weighted by molar-refractivity contribution is 6.29. The van der Waals surface area contributed by atoms with Crippen LogP contribution in [0.15, 0.2) is 36.4 Å². The number of aromatic nitrogens is 4. The minimum atomic E-state index is -0.108. The Bertz CT molecular complexity index is 1000. The summed E-state index contributed by atoms with van der Waals surface area (Å²) in [5.74, 6) is 1.72. The van der Waals surface area contributed by atoms with Crippen LogP contribution in [-0.2, 0) is 4.79 Å². The van der Waals surface area contributed by atoms with Gasteiger partial charge in [0.2, 0.25) is 5.91 Å². The number of benzene rings is 1. The zero-order valence-corrected chi connectivity index (χ0v) is 15.7. The fourth-order valence-electron chi connectivity index (χ4n) is 3.41. The Labute approximate surface area is 161 Å². The van der Waals surface area contributed by atoms with Gasteiger partial charge in [-0.05, 0) is 43.7 Å². The molecule has 0 radical (unpaired) electrons. The van der Waals surface area contributed by atoms with Gasteiger partial charge in [0.05, 0.1) is 12.3 Å². The summed E-state index contributed by atoms with van der Waals surface area (Å²) in [5.41, 5.74) is 2.82. The lowest BCUT2D eigenvalue weighted by Crippen LogP contribution is -2.25. The monoisotopic (exact) mass is 383 g/mol. The standard InChI is InChI=1S/C19H18ClN5O2/c1-3-27-13-6-4-5-12(9-13)14-10-17(26)21-19-18(14)11(2)24-25(19)16-8-7-15(20)22-23-16/h4-9,14H,3,10H2,1-2H3,(H,21,26)/t14-/m0/s1. The Morgan fingerprint density at radius 1 is 1.30 bits per heavy atom. The van der Waals surface area contributed by atoms with Gasteiger partial charge in [-0.1, -0.05) is 23.7 Å². The van der Waals surface area contributed by atoms with Crippen molar-refractivity contribution in [3.05, 3.63) is 58.4 Å². The smallest absolute Gasteiger partial charge is 0.226 e. The molecule has 3 aromatic rings. The van der Waals surface area contributed by atoms with Crippen LogP contribution in [0, 0.1) is 6.92 Å². The number of carbonyl (C=O) groups is 1. The molecule has 8 heteroatoms. The number of aryl methyl sites for hydroxylation is 1. The van der Waals surface area contributed by atoms with Crippen molar-refractivity contribution >= 4 is 23.3 Å². The lowest BCUT2D eigenvalue weighted by molar-refractivity contribution is -0.116. The predicted molar refractivity (Wildman–Crippen MR) is 102 cm³/mol. The molecular weight excluding hydrogens is 366 g/mol. The number of amides is 1. The van der Waals surface area contributed by atoms with Gasteiger partial charge in [-0.25, -0.2) is 0 Å². The van der Waals surface area contributed by atoms with Gasteiger partial charge in [0.25, 0.3) is 0 Å². The van der Waals surface area contributed by atoms with Crippen LogP contribution < -0.4 is 10.1 Å². The first-order valence-corrected chi connectivity index (χ1v) is 9.06. The number of hydrogen-bond donors (Lipinski definition) is 1. The van der Waals surface area contributed by atoms with Crippen molar-refractivity contribution in [3.8, 4) is 11.6 Å². The van der Waals surface area contributed by atoms with Gasteiger partial charge >= 0.3 is 0 Å². The Hall–Kier alpha value is -2.93. The summed E-state index contributed by atoms with van der Waals surface area (Å²) in [7, 11) is 0. The molecule has 1 atom stereocenters. The van der Waals surface area contributed by atoms with Gasteiger partial charge in [-0.15, -0.1) is 10.2 Å². The van der Waals surface area contributed by atoms with Crippen LogP contribution in [0.2, 0.25) is 5.15 Å². The molecule has 0 spiro atoms. The molecule has 1 N–H and O–H groups in total. The molecule has 1 amide bonds. The molecule has 0 unspecified atom stereocenters. The molecule has 4 rings (SSSR count). The fourth-order valence-corrected chi connectivity index (χ4v) is 3.51. The number of nitrogens with one attached hydrogen (secondary N) is 1. The fraction of sp³-hybridized carbons (Fsp3) is 0.263. The third kappa shape index (κ3) is 3.26. The van der Waals surface area contributed by atoms with Crippen LogP contribution in [-0.4, -0.2) is 32.5 Å². The van der Waals surface area contributed by atoms with Gasteiger partial charge in [0.15, 0.2) is 11.0 Å². The minimum absolute atomic E-state index is 0.0719. The SMILES string of the molecule is CCOc1cccc([C@@H]2CC(=O)Nc3c2c(C)nn3-c2ccc(Cl)nn2)c1. The van der Waals surface area contributed by atoms with Crippen molar-refractivity contribution in [1.82, 2.24) is 20.0 Å². The maximum atomic E-state index is 12.4. The van der Waals surface area contributed by atoms with E-state index in [1.807, 2.05) is 38.1 Å².